The van der Waals surface area contributed by atoms with Crippen molar-refractivity contribution in [3.8, 4) is 0 Å². The van der Waals surface area contributed by atoms with Crippen molar-refractivity contribution in [1.82, 2.24) is 4.98 Å². The minimum atomic E-state index is -0.468. The summed E-state index contributed by atoms with van der Waals surface area (Å²) in [6, 6.07) is 6.07. The van der Waals surface area contributed by atoms with E-state index in [0.717, 1.165) is 16.5 Å². The number of fused-ring (bicyclic) bond motifs is 1. The molecular formula is C12H16N2O. The molecule has 0 aliphatic rings. The van der Waals surface area contributed by atoms with Gasteiger partial charge in [0.2, 0.25) is 0 Å². The Kier molecular flexibility index (Phi) is 2.75. The quantitative estimate of drug-likeness (QED) is 0.714. The van der Waals surface area contributed by atoms with E-state index in [0.29, 0.717) is 13.0 Å². The van der Waals surface area contributed by atoms with Gasteiger partial charge in [-0.1, -0.05) is 12.1 Å². The molecule has 0 saturated carbocycles. The molecule has 0 spiro atoms. The highest BCUT2D eigenvalue weighted by Gasteiger charge is 2.13. The zero-order chi connectivity index (χ0) is 10.8. The molecule has 0 amide bonds. The van der Waals surface area contributed by atoms with Crippen LogP contribution in [0.4, 0.5) is 0 Å². The topological polar surface area (TPSA) is 62.0 Å². The molecule has 0 aliphatic carbocycles. The SMILES string of the molecule is Cc1cccc2[nH]cc([C@@H](O)CCN)c12. The second kappa shape index (κ2) is 4.04. The Morgan fingerprint density at radius 3 is 3.00 bits per heavy atom. The van der Waals surface area contributed by atoms with E-state index in [1.807, 2.05) is 18.3 Å². The van der Waals surface area contributed by atoms with E-state index in [2.05, 4.69) is 18.0 Å². The third-order valence-corrected chi connectivity index (χ3v) is 2.74. The van der Waals surface area contributed by atoms with Crippen LogP contribution in [-0.2, 0) is 0 Å². The standard InChI is InChI=1S/C12H16N2O/c1-8-3-2-4-10-12(8)9(7-14-10)11(15)5-6-13/h2-4,7,11,14-15H,5-6,13H2,1H3/t11-/m0/s1. The summed E-state index contributed by atoms with van der Waals surface area (Å²) in [6.45, 7) is 2.55. The van der Waals surface area contributed by atoms with Gasteiger partial charge >= 0.3 is 0 Å². The van der Waals surface area contributed by atoms with Crippen molar-refractivity contribution in [2.75, 3.05) is 6.54 Å². The van der Waals surface area contributed by atoms with E-state index in [9.17, 15) is 5.11 Å². The highest BCUT2D eigenvalue weighted by molar-refractivity contribution is 5.86. The van der Waals surface area contributed by atoms with Crippen molar-refractivity contribution < 1.29 is 5.11 Å². The Bertz CT molecular complexity index is 462. The van der Waals surface area contributed by atoms with Gasteiger partial charge in [-0.15, -0.1) is 0 Å². The van der Waals surface area contributed by atoms with Gasteiger partial charge in [0.25, 0.3) is 0 Å². The van der Waals surface area contributed by atoms with Gasteiger partial charge in [0.1, 0.15) is 0 Å². The van der Waals surface area contributed by atoms with E-state index < -0.39 is 6.10 Å². The minimum Gasteiger partial charge on any atom is -0.388 e. The van der Waals surface area contributed by atoms with Crippen LogP contribution >= 0.6 is 0 Å². The first-order valence-electron chi connectivity index (χ1n) is 5.18. The number of nitrogens with two attached hydrogens (primary N) is 1. The second-order valence-corrected chi connectivity index (χ2v) is 3.83. The number of H-pyrrole nitrogens is 1. The molecule has 1 atom stereocenters. The van der Waals surface area contributed by atoms with Crippen LogP contribution in [0.5, 0.6) is 0 Å². The fourth-order valence-corrected chi connectivity index (χ4v) is 1.98. The number of hydrogen-bond acceptors (Lipinski definition) is 2. The molecule has 4 N–H and O–H groups in total. The Hall–Kier alpha value is -1.32. The summed E-state index contributed by atoms with van der Waals surface area (Å²) in [4.78, 5) is 3.17. The first-order valence-corrected chi connectivity index (χ1v) is 5.18. The summed E-state index contributed by atoms with van der Waals surface area (Å²) in [5.74, 6) is 0. The lowest BCUT2D eigenvalue weighted by molar-refractivity contribution is 0.172. The molecule has 1 aromatic heterocycles. The average Bonchev–Trinajstić information content (AvgIpc) is 2.63. The molecule has 2 rings (SSSR count). The lowest BCUT2D eigenvalue weighted by Crippen LogP contribution is -2.06. The van der Waals surface area contributed by atoms with Crippen LogP contribution in [0.1, 0.15) is 23.7 Å². The van der Waals surface area contributed by atoms with Gasteiger partial charge in [0.05, 0.1) is 6.10 Å². The van der Waals surface area contributed by atoms with Crippen LogP contribution in [0, 0.1) is 6.92 Å². The summed E-state index contributed by atoms with van der Waals surface area (Å²) >= 11 is 0. The van der Waals surface area contributed by atoms with Crippen molar-refractivity contribution in [3.05, 3.63) is 35.5 Å². The fraction of sp³-hybridized carbons (Fsp3) is 0.333. The second-order valence-electron chi connectivity index (χ2n) is 3.83. The molecule has 0 bridgehead atoms. The summed E-state index contributed by atoms with van der Waals surface area (Å²) in [7, 11) is 0. The van der Waals surface area contributed by atoms with Gasteiger partial charge in [-0.2, -0.15) is 0 Å². The fourth-order valence-electron chi connectivity index (χ4n) is 1.98. The molecule has 0 unspecified atom stereocenters. The highest BCUT2D eigenvalue weighted by atomic mass is 16.3. The number of aliphatic hydroxyl groups excluding tert-OH is 1. The molecule has 0 aliphatic heterocycles. The van der Waals surface area contributed by atoms with Crippen molar-refractivity contribution in [1.29, 1.82) is 0 Å². The normalized spacial score (nSPS) is 13.3. The first kappa shape index (κ1) is 10.2. The number of aliphatic hydroxyl groups is 1. The zero-order valence-corrected chi connectivity index (χ0v) is 8.83. The zero-order valence-electron chi connectivity index (χ0n) is 8.83. The van der Waals surface area contributed by atoms with E-state index in [1.165, 1.54) is 5.56 Å². The van der Waals surface area contributed by atoms with Gasteiger partial charge in [-0.3, -0.25) is 0 Å². The highest BCUT2D eigenvalue weighted by Crippen LogP contribution is 2.28. The summed E-state index contributed by atoms with van der Waals surface area (Å²) in [6.07, 6.45) is 2.00. The van der Waals surface area contributed by atoms with Crippen molar-refractivity contribution in [2.24, 2.45) is 5.73 Å². The largest absolute Gasteiger partial charge is 0.388 e. The van der Waals surface area contributed by atoms with Gasteiger partial charge in [0.15, 0.2) is 0 Å². The lowest BCUT2D eigenvalue weighted by Gasteiger charge is -2.08. The number of benzene rings is 1. The maximum atomic E-state index is 9.93. The molecule has 15 heavy (non-hydrogen) atoms. The Morgan fingerprint density at radius 1 is 1.47 bits per heavy atom. The summed E-state index contributed by atoms with van der Waals surface area (Å²) in [5, 5.41) is 11.1. The van der Waals surface area contributed by atoms with E-state index >= 15 is 0 Å². The molecular weight excluding hydrogens is 188 g/mol. The molecule has 3 nitrogen and oxygen atoms in total. The van der Waals surface area contributed by atoms with Gasteiger partial charge in [-0.05, 0) is 31.5 Å². The minimum absolute atomic E-state index is 0.468. The molecule has 0 saturated heterocycles. The van der Waals surface area contributed by atoms with Crippen LogP contribution in [0.25, 0.3) is 10.9 Å². The number of aromatic nitrogens is 1. The lowest BCUT2D eigenvalue weighted by atomic mass is 10.0. The number of aryl methyl sites for hydroxylation is 1. The summed E-state index contributed by atoms with van der Waals surface area (Å²) < 4.78 is 0. The van der Waals surface area contributed by atoms with Crippen molar-refractivity contribution in [3.63, 3.8) is 0 Å². The molecule has 80 valence electrons. The molecule has 1 aromatic carbocycles. The van der Waals surface area contributed by atoms with E-state index in [4.69, 9.17) is 5.73 Å². The first-order chi connectivity index (χ1) is 7.24. The molecule has 1 heterocycles. The van der Waals surface area contributed by atoms with Crippen LogP contribution in [0.15, 0.2) is 24.4 Å². The average molecular weight is 204 g/mol. The Morgan fingerprint density at radius 2 is 2.27 bits per heavy atom. The number of nitrogens with one attached hydrogen (secondary N) is 1. The van der Waals surface area contributed by atoms with Crippen LogP contribution < -0.4 is 5.73 Å². The summed E-state index contributed by atoms with van der Waals surface area (Å²) in [5.41, 5.74) is 8.65. The third kappa shape index (κ3) is 1.76. The smallest absolute Gasteiger partial charge is 0.0822 e. The van der Waals surface area contributed by atoms with Crippen molar-refractivity contribution >= 4 is 10.9 Å². The number of rotatable bonds is 3. The Balaban J connectivity index is 2.52. The molecule has 2 aromatic rings. The van der Waals surface area contributed by atoms with Crippen LogP contribution in [-0.4, -0.2) is 16.6 Å². The number of aromatic amines is 1. The van der Waals surface area contributed by atoms with Gasteiger partial charge < -0.3 is 15.8 Å². The van der Waals surface area contributed by atoms with Crippen LogP contribution in [0.3, 0.4) is 0 Å². The van der Waals surface area contributed by atoms with E-state index in [-0.39, 0.29) is 0 Å². The maximum absolute atomic E-state index is 9.93. The van der Waals surface area contributed by atoms with Gasteiger partial charge in [0, 0.05) is 22.7 Å². The third-order valence-electron chi connectivity index (χ3n) is 2.74. The number of hydrogen-bond donors (Lipinski definition) is 3. The molecule has 3 heteroatoms. The predicted octanol–water partition coefficient (Wildman–Crippen LogP) is 1.86. The van der Waals surface area contributed by atoms with E-state index in [1.54, 1.807) is 0 Å². The van der Waals surface area contributed by atoms with Gasteiger partial charge in [-0.25, -0.2) is 0 Å². The molecule has 0 radical (unpaired) electrons. The monoisotopic (exact) mass is 204 g/mol. The van der Waals surface area contributed by atoms with Crippen molar-refractivity contribution in [2.45, 2.75) is 19.4 Å². The van der Waals surface area contributed by atoms with Crippen LogP contribution in [0.2, 0.25) is 0 Å². The Labute approximate surface area is 88.9 Å². The maximum Gasteiger partial charge on any atom is 0.0822 e. The molecule has 0 fully saturated rings. The predicted molar refractivity (Wildman–Crippen MR) is 61.7 cm³/mol.